The number of nitrogens with zero attached hydrogens (tertiary/aromatic N) is 2. The molecule has 1 aliphatic rings. The molecule has 0 saturated carbocycles. The number of carbonyl (C=O) groups excluding carboxylic acids is 3. The van der Waals surface area contributed by atoms with E-state index in [0.29, 0.717) is 16.8 Å². The summed E-state index contributed by atoms with van der Waals surface area (Å²) >= 11 is 0. The maximum absolute atomic E-state index is 12.3. The molecule has 4 rings (SSSR count). The van der Waals surface area contributed by atoms with Crippen molar-refractivity contribution in [1.29, 1.82) is 0 Å². The predicted molar refractivity (Wildman–Crippen MR) is 94.5 cm³/mol. The standard InChI is InChI=1S/C19H14N4O3/c24-17(11-23-18(25)14-6-1-2-7-15(14)19(23)26)21-13-5-3-4-12(10-13)16-8-9-20-22-16/h1-10H,11H2,(H,20,22)(H,21,24). The number of benzene rings is 2. The van der Waals surface area contributed by atoms with Crippen LogP contribution in [0.15, 0.2) is 60.8 Å². The molecule has 7 heteroatoms. The first-order valence-corrected chi connectivity index (χ1v) is 7.98. The zero-order valence-corrected chi connectivity index (χ0v) is 13.6. The number of amides is 3. The Morgan fingerprint density at radius 1 is 1.00 bits per heavy atom. The van der Waals surface area contributed by atoms with E-state index < -0.39 is 17.7 Å². The van der Waals surface area contributed by atoms with Gasteiger partial charge in [0.2, 0.25) is 5.91 Å². The molecule has 0 unspecified atom stereocenters. The molecule has 0 spiro atoms. The number of anilines is 1. The molecule has 26 heavy (non-hydrogen) atoms. The second kappa shape index (κ2) is 6.29. The summed E-state index contributed by atoms with van der Waals surface area (Å²) in [6.45, 7) is -0.333. The summed E-state index contributed by atoms with van der Waals surface area (Å²) in [5, 5.41) is 9.47. The minimum absolute atomic E-state index is 0.326. The van der Waals surface area contributed by atoms with E-state index in [0.717, 1.165) is 16.2 Å². The van der Waals surface area contributed by atoms with Gasteiger partial charge >= 0.3 is 0 Å². The van der Waals surface area contributed by atoms with Crippen molar-refractivity contribution >= 4 is 23.4 Å². The van der Waals surface area contributed by atoms with Crippen LogP contribution in [-0.2, 0) is 4.79 Å². The molecule has 7 nitrogen and oxygen atoms in total. The summed E-state index contributed by atoms with van der Waals surface area (Å²) in [7, 11) is 0. The monoisotopic (exact) mass is 346 g/mol. The lowest BCUT2D eigenvalue weighted by molar-refractivity contribution is -0.116. The second-order valence-electron chi connectivity index (χ2n) is 5.84. The Morgan fingerprint density at radius 3 is 2.38 bits per heavy atom. The SMILES string of the molecule is O=C(CN1C(=O)c2ccccc2C1=O)Nc1cccc(-c2ccn[nH]2)c1. The molecule has 2 N–H and O–H groups in total. The number of H-pyrrole nitrogens is 1. The van der Waals surface area contributed by atoms with Gasteiger partial charge in [-0.3, -0.25) is 24.4 Å². The van der Waals surface area contributed by atoms with Gasteiger partial charge in [-0.25, -0.2) is 0 Å². The van der Waals surface area contributed by atoms with Crippen molar-refractivity contribution in [3.8, 4) is 11.3 Å². The van der Waals surface area contributed by atoms with Crippen LogP contribution >= 0.6 is 0 Å². The minimum Gasteiger partial charge on any atom is -0.325 e. The Kier molecular flexibility index (Phi) is 3.81. The van der Waals surface area contributed by atoms with Gasteiger partial charge in [0.1, 0.15) is 6.54 Å². The first-order valence-electron chi connectivity index (χ1n) is 7.98. The van der Waals surface area contributed by atoms with Crippen LogP contribution in [0.2, 0.25) is 0 Å². The van der Waals surface area contributed by atoms with Crippen LogP contribution in [0.5, 0.6) is 0 Å². The number of nitrogens with one attached hydrogen (secondary N) is 2. The highest BCUT2D eigenvalue weighted by Gasteiger charge is 2.36. The van der Waals surface area contributed by atoms with Crippen molar-refractivity contribution in [1.82, 2.24) is 15.1 Å². The topological polar surface area (TPSA) is 95.2 Å². The Balaban J connectivity index is 1.48. The summed E-state index contributed by atoms with van der Waals surface area (Å²) in [5.41, 5.74) is 2.90. The highest BCUT2D eigenvalue weighted by molar-refractivity contribution is 6.22. The molecule has 128 valence electrons. The number of aromatic nitrogens is 2. The average molecular weight is 346 g/mol. The van der Waals surface area contributed by atoms with Gasteiger partial charge in [0.25, 0.3) is 11.8 Å². The number of imide groups is 1. The van der Waals surface area contributed by atoms with Crippen LogP contribution in [0.1, 0.15) is 20.7 Å². The van der Waals surface area contributed by atoms with E-state index in [4.69, 9.17) is 0 Å². The second-order valence-corrected chi connectivity index (χ2v) is 5.84. The fourth-order valence-electron chi connectivity index (χ4n) is 2.91. The molecule has 0 aliphatic carbocycles. The van der Waals surface area contributed by atoms with E-state index in [1.165, 1.54) is 0 Å². The molecule has 3 aromatic rings. The van der Waals surface area contributed by atoms with Crippen molar-refractivity contribution < 1.29 is 14.4 Å². The molecule has 3 amide bonds. The Bertz CT molecular complexity index is 976. The van der Waals surface area contributed by atoms with Crippen LogP contribution in [0.25, 0.3) is 11.3 Å². The Hall–Kier alpha value is -3.74. The lowest BCUT2D eigenvalue weighted by Crippen LogP contribution is -2.37. The van der Waals surface area contributed by atoms with Crippen LogP contribution in [0.4, 0.5) is 5.69 Å². The summed E-state index contributed by atoms with van der Waals surface area (Å²) in [6.07, 6.45) is 1.64. The molecule has 0 fully saturated rings. The maximum Gasteiger partial charge on any atom is 0.262 e. The van der Waals surface area contributed by atoms with Crippen molar-refractivity contribution in [3.05, 3.63) is 71.9 Å². The summed E-state index contributed by atoms with van der Waals surface area (Å²) in [6, 6.07) is 15.6. The van der Waals surface area contributed by atoms with Crippen LogP contribution in [-0.4, -0.2) is 39.4 Å². The zero-order chi connectivity index (χ0) is 18.1. The Labute approximate surface area is 148 Å². The molecule has 0 radical (unpaired) electrons. The van der Waals surface area contributed by atoms with E-state index in [9.17, 15) is 14.4 Å². The molecular weight excluding hydrogens is 332 g/mol. The van der Waals surface area contributed by atoms with Gasteiger partial charge in [0.15, 0.2) is 0 Å². The van der Waals surface area contributed by atoms with E-state index >= 15 is 0 Å². The number of rotatable bonds is 4. The first kappa shape index (κ1) is 15.8. The van der Waals surface area contributed by atoms with Crippen molar-refractivity contribution in [2.24, 2.45) is 0 Å². The molecule has 1 aliphatic heterocycles. The summed E-state index contributed by atoms with van der Waals surface area (Å²) in [5.74, 6) is -1.35. The molecule has 0 atom stereocenters. The third kappa shape index (κ3) is 2.75. The van der Waals surface area contributed by atoms with Gasteiger partial charge in [-0.1, -0.05) is 24.3 Å². The summed E-state index contributed by atoms with van der Waals surface area (Å²) in [4.78, 5) is 37.9. The van der Waals surface area contributed by atoms with E-state index in [1.54, 1.807) is 48.7 Å². The zero-order valence-electron chi connectivity index (χ0n) is 13.6. The maximum atomic E-state index is 12.3. The summed E-state index contributed by atoms with van der Waals surface area (Å²) < 4.78 is 0. The van der Waals surface area contributed by atoms with Gasteiger partial charge in [-0.2, -0.15) is 5.10 Å². The quantitative estimate of drug-likeness (QED) is 0.709. The normalized spacial score (nSPS) is 13.0. The van der Waals surface area contributed by atoms with E-state index in [1.807, 2.05) is 12.1 Å². The average Bonchev–Trinajstić information content (AvgIpc) is 3.26. The molecule has 2 heterocycles. The van der Waals surface area contributed by atoms with E-state index in [-0.39, 0.29) is 6.54 Å². The predicted octanol–water partition coefficient (Wildman–Crippen LogP) is 2.31. The number of carbonyl (C=O) groups is 3. The fraction of sp³-hybridized carbons (Fsp3) is 0.0526. The molecule has 2 aromatic carbocycles. The molecule has 0 bridgehead atoms. The van der Waals surface area contributed by atoms with E-state index in [2.05, 4.69) is 15.5 Å². The third-order valence-electron chi connectivity index (χ3n) is 4.14. The van der Waals surface area contributed by atoms with Crippen LogP contribution in [0, 0.1) is 0 Å². The van der Waals surface area contributed by atoms with Gasteiger partial charge in [-0.15, -0.1) is 0 Å². The first-order chi connectivity index (χ1) is 12.6. The van der Waals surface area contributed by atoms with Crippen molar-refractivity contribution in [2.75, 3.05) is 11.9 Å². The van der Waals surface area contributed by atoms with Gasteiger partial charge in [0.05, 0.1) is 16.8 Å². The third-order valence-corrected chi connectivity index (χ3v) is 4.14. The molecule has 0 saturated heterocycles. The fourth-order valence-corrected chi connectivity index (χ4v) is 2.91. The largest absolute Gasteiger partial charge is 0.325 e. The lowest BCUT2D eigenvalue weighted by atomic mass is 10.1. The van der Waals surface area contributed by atoms with Crippen LogP contribution in [0.3, 0.4) is 0 Å². The lowest BCUT2D eigenvalue weighted by Gasteiger charge is -2.14. The van der Waals surface area contributed by atoms with Crippen LogP contribution < -0.4 is 5.32 Å². The number of hydrogen-bond acceptors (Lipinski definition) is 4. The number of aromatic amines is 1. The van der Waals surface area contributed by atoms with Crippen molar-refractivity contribution in [3.63, 3.8) is 0 Å². The molecular formula is C19H14N4O3. The Morgan fingerprint density at radius 2 is 1.73 bits per heavy atom. The minimum atomic E-state index is -0.452. The highest BCUT2D eigenvalue weighted by Crippen LogP contribution is 2.23. The van der Waals surface area contributed by atoms with Gasteiger partial charge < -0.3 is 5.32 Å². The van der Waals surface area contributed by atoms with Gasteiger partial charge in [0, 0.05) is 17.4 Å². The highest BCUT2D eigenvalue weighted by atomic mass is 16.2. The smallest absolute Gasteiger partial charge is 0.262 e. The van der Waals surface area contributed by atoms with Gasteiger partial charge in [-0.05, 0) is 30.3 Å². The number of hydrogen-bond donors (Lipinski definition) is 2. The van der Waals surface area contributed by atoms with Crippen molar-refractivity contribution in [2.45, 2.75) is 0 Å². The number of fused-ring (bicyclic) bond motifs is 1. The molecule has 1 aromatic heterocycles.